The predicted octanol–water partition coefficient (Wildman–Crippen LogP) is 3.44. The number of carbonyl (C=O) groups excluding carboxylic acids is 1. The van der Waals surface area contributed by atoms with Crippen LogP contribution >= 0.6 is 11.3 Å². The smallest absolute Gasteiger partial charge is 0.410 e. The molecule has 27 heavy (non-hydrogen) atoms. The molecule has 0 atom stereocenters. The zero-order valence-electron chi connectivity index (χ0n) is 14.3. The lowest BCUT2D eigenvalue weighted by Gasteiger charge is -2.25. The number of hydrogen-bond acceptors (Lipinski definition) is 5. The molecule has 1 N–H and O–H groups in total. The molecule has 0 unspecified atom stereocenters. The van der Waals surface area contributed by atoms with E-state index >= 15 is 0 Å². The molecule has 4 rings (SSSR count). The standard InChI is InChI=1S/C18H15F2N3O3S/c1-2-26-18(25)23-4-3-12-13(8-23)27-17-14(12)16(24)21-15(22-17)9-5-10(19)7-11(20)6-9/h5-7H,2-4,8H2,1H3,(H,21,22,24). The highest BCUT2D eigenvalue weighted by atomic mass is 32.1. The Balaban J connectivity index is 1.77. The molecule has 3 heterocycles. The lowest BCUT2D eigenvalue weighted by Crippen LogP contribution is -2.35. The molecule has 2 aromatic heterocycles. The third-order valence-electron chi connectivity index (χ3n) is 4.37. The van der Waals surface area contributed by atoms with Crippen molar-refractivity contribution in [1.82, 2.24) is 14.9 Å². The topological polar surface area (TPSA) is 75.3 Å². The molecule has 9 heteroatoms. The molecular formula is C18H15F2N3O3S. The van der Waals surface area contributed by atoms with E-state index in [1.54, 1.807) is 11.8 Å². The molecule has 1 aliphatic heterocycles. The number of H-pyrrole nitrogens is 1. The lowest BCUT2D eigenvalue weighted by atomic mass is 10.1. The fraction of sp³-hybridized carbons (Fsp3) is 0.278. The van der Waals surface area contributed by atoms with Crippen molar-refractivity contribution in [3.63, 3.8) is 0 Å². The van der Waals surface area contributed by atoms with Gasteiger partial charge >= 0.3 is 6.09 Å². The number of aromatic amines is 1. The number of hydrogen-bond donors (Lipinski definition) is 1. The number of amides is 1. The highest BCUT2D eigenvalue weighted by Crippen LogP contribution is 2.33. The Morgan fingerprint density at radius 3 is 2.78 bits per heavy atom. The number of nitrogens with zero attached hydrogens (tertiary/aromatic N) is 2. The molecule has 0 bridgehead atoms. The van der Waals surface area contributed by atoms with Gasteiger partial charge in [-0.15, -0.1) is 11.3 Å². The van der Waals surface area contributed by atoms with Gasteiger partial charge in [-0.2, -0.15) is 0 Å². The molecule has 1 amide bonds. The van der Waals surface area contributed by atoms with E-state index in [1.165, 1.54) is 11.3 Å². The largest absolute Gasteiger partial charge is 0.450 e. The zero-order valence-corrected chi connectivity index (χ0v) is 15.2. The Morgan fingerprint density at radius 2 is 2.07 bits per heavy atom. The third-order valence-corrected chi connectivity index (χ3v) is 5.48. The summed E-state index contributed by atoms with van der Waals surface area (Å²) in [6.07, 6.45) is 0.130. The first kappa shape index (κ1) is 17.6. The Morgan fingerprint density at radius 1 is 1.33 bits per heavy atom. The van der Waals surface area contributed by atoms with Gasteiger partial charge in [-0.3, -0.25) is 4.79 Å². The second kappa shape index (κ2) is 6.73. The summed E-state index contributed by atoms with van der Waals surface area (Å²) in [5.74, 6) is -1.39. The number of thiophene rings is 1. The van der Waals surface area contributed by atoms with Gasteiger partial charge in [0.25, 0.3) is 5.56 Å². The summed E-state index contributed by atoms with van der Waals surface area (Å²) < 4.78 is 32.0. The zero-order chi connectivity index (χ0) is 19.1. The predicted molar refractivity (Wildman–Crippen MR) is 96.7 cm³/mol. The Bertz CT molecular complexity index is 1090. The van der Waals surface area contributed by atoms with Crippen LogP contribution in [-0.2, 0) is 17.7 Å². The van der Waals surface area contributed by atoms with Crippen molar-refractivity contribution in [2.45, 2.75) is 19.9 Å². The molecule has 1 aliphatic rings. The SMILES string of the molecule is CCOC(=O)N1CCc2c(sc3nc(-c4cc(F)cc(F)c4)[nH]c(=O)c23)C1. The number of halogens is 2. The van der Waals surface area contributed by atoms with Crippen LogP contribution in [-0.4, -0.2) is 34.1 Å². The van der Waals surface area contributed by atoms with E-state index in [2.05, 4.69) is 9.97 Å². The highest BCUT2D eigenvalue weighted by molar-refractivity contribution is 7.18. The molecule has 0 saturated carbocycles. The number of rotatable bonds is 2. The maximum atomic E-state index is 13.5. The van der Waals surface area contributed by atoms with Gasteiger partial charge in [0.2, 0.25) is 0 Å². The van der Waals surface area contributed by atoms with Crippen molar-refractivity contribution < 1.29 is 18.3 Å². The summed E-state index contributed by atoms with van der Waals surface area (Å²) >= 11 is 1.30. The van der Waals surface area contributed by atoms with Crippen LogP contribution in [0.3, 0.4) is 0 Å². The van der Waals surface area contributed by atoms with Crippen LogP contribution in [0.2, 0.25) is 0 Å². The third kappa shape index (κ3) is 3.18. The normalized spacial score (nSPS) is 13.7. The summed E-state index contributed by atoms with van der Waals surface area (Å²) in [5.41, 5.74) is 0.661. The van der Waals surface area contributed by atoms with E-state index in [0.29, 0.717) is 36.3 Å². The molecule has 0 saturated heterocycles. The van der Waals surface area contributed by atoms with Gasteiger partial charge in [-0.25, -0.2) is 18.6 Å². The molecule has 0 spiro atoms. The molecule has 3 aromatic rings. The lowest BCUT2D eigenvalue weighted by molar-refractivity contribution is 0.103. The van der Waals surface area contributed by atoms with Gasteiger partial charge in [0.05, 0.1) is 18.5 Å². The van der Waals surface area contributed by atoms with Crippen molar-refractivity contribution in [3.05, 3.63) is 50.6 Å². The van der Waals surface area contributed by atoms with E-state index in [-0.39, 0.29) is 16.9 Å². The fourth-order valence-electron chi connectivity index (χ4n) is 3.20. The number of nitrogens with one attached hydrogen (secondary N) is 1. The van der Waals surface area contributed by atoms with Gasteiger partial charge in [-0.1, -0.05) is 0 Å². The van der Waals surface area contributed by atoms with Gasteiger partial charge in [0, 0.05) is 23.1 Å². The van der Waals surface area contributed by atoms with Crippen LogP contribution < -0.4 is 5.56 Å². The van der Waals surface area contributed by atoms with E-state index in [4.69, 9.17) is 4.74 Å². The summed E-state index contributed by atoms with van der Waals surface area (Å²) in [4.78, 5) is 34.5. The molecule has 0 fully saturated rings. The second-order valence-corrected chi connectivity index (χ2v) is 7.21. The molecule has 0 aliphatic carbocycles. The average Bonchev–Trinajstić information content (AvgIpc) is 2.99. The number of carbonyl (C=O) groups is 1. The van der Waals surface area contributed by atoms with Crippen LogP contribution in [0.15, 0.2) is 23.0 Å². The molecule has 140 valence electrons. The van der Waals surface area contributed by atoms with E-state index in [9.17, 15) is 18.4 Å². The van der Waals surface area contributed by atoms with Crippen LogP contribution in [0.1, 0.15) is 17.4 Å². The van der Waals surface area contributed by atoms with Crippen molar-refractivity contribution in [2.75, 3.05) is 13.2 Å². The average molecular weight is 391 g/mol. The van der Waals surface area contributed by atoms with E-state index in [0.717, 1.165) is 28.6 Å². The quantitative estimate of drug-likeness (QED) is 0.726. The highest BCUT2D eigenvalue weighted by Gasteiger charge is 2.27. The monoisotopic (exact) mass is 391 g/mol. The number of aromatic nitrogens is 2. The maximum absolute atomic E-state index is 13.5. The van der Waals surface area contributed by atoms with Crippen molar-refractivity contribution >= 4 is 27.6 Å². The second-order valence-electron chi connectivity index (χ2n) is 6.13. The molecule has 1 aromatic carbocycles. The Kier molecular flexibility index (Phi) is 4.39. The Labute approximate surface area is 156 Å². The van der Waals surface area contributed by atoms with Crippen LogP contribution in [0.5, 0.6) is 0 Å². The van der Waals surface area contributed by atoms with Crippen molar-refractivity contribution in [1.29, 1.82) is 0 Å². The van der Waals surface area contributed by atoms with Gasteiger partial charge in [0.1, 0.15) is 22.3 Å². The van der Waals surface area contributed by atoms with Crippen LogP contribution in [0.4, 0.5) is 13.6 Å². The van der Waals surface area contributed by atoms with Crippen LogP contribution in [0, 0.1) is 11.6 Å². The molecular weight excluding hydrogens is 376 g/mol. The van der Waals surface area contributed by atoms with Crippen LogP contribution in [0.25, 0.3) is 21.6 Å². The summed E-state index contributed by atoms with van der Waals surface area (Å²) in [6.45, 7) is 2.84. The summed E-state index contributed by atoms with van der Waals surface area (Å²) in [7, 11) is 0. The van der Waals surface area contributed by atoms with E-state index < -0.39 is 17.7 Å². The van der Waals surface area contributed by atoms with Gasteiger partial charge in [0.15, 0.2) is 0 Å². The Hall–Kier alpha value is -2.81. The minimum absolute atomic E-state index is 0.103. The number of fused-ring (bicyclic) bond motifs is 3. The molecule has 0 radical (unpaired) electrons. The first-order valence-corrected chi connectivity index (χ1v) is 9.20. The first-order chi connectivity index (χ1) is 13.0. The number of ether oxygens (including phenoxy) is 1. The van der Waals surface area contributed by atoms with E-state index in [1.807, 2.05) is 0 Å². The van der Waals surface area contributed by atoms with Gasteiger partial charge in [-0.05, 0) is 31.0 Å². The van der Waals surface area contributed by atoms with Gasteiger partial charge < -0.3 is 14.6 Å². The van der Waals surface area contributed by atoms with Crippen molar-refractivity contribution in [2.24, 2.45) is 0 Å². The summed E-state index contributed by atoms with van der Waals surface area (Å²) in [6, 6.07) is 2.99. The number of benzene rings is 1. The first-order valence-electron chi connectivity index (χ1n) is 8.39. The maximum Gasteiger partial charge on any atom is 0.410 e. The fourth-order valence-corrected chi connectivity index (χ4v) is 4.44. The minimum Gasteiger partial charge on any atom is -0.450 e. The minimum atomic E-state index is -0.747. The molecule has 6 nitrogen and oxygen atoms in total. The summed E-state index contributed by atoms with van der Waals surface area (Å²) in [5, 5.41) is 0.471. The van der Waals surface area contributed by atoms with Crippen molar-refractivity contribution in [3.8, 4) is 11.4 Å².